The van der Waals surface area contributed by atoms with Gasteiger partial charge in [0.2, 0.25) is 0 Å². The van der Waals surface area contributed by atoms with Crippen LogP contribution in [0.1, 0.15) is 54.6 Å². The first-order chi connectivity index (χ1) is 14.2. The van der Waals surface area contributed by atoms with E-state index in [4.69, 9.17) is 9.47 Å². The van der Waals surface area contributed by atoms with Crippen LogP contribution in [-0.2, 0) is 0 Å². The van der Waals surface area contributed by atoms with Crippen molar-refractivity contribution in [2.75, 3.05) is 33.4 Å². The van der Waals surface area contributed by atoms with E-state index in [2.05, 4.69) is 29.3 Å². The van der Waals surface area contributed by atoms with Crippen LogP contribution in [0.4, 0.5) is 0 Å². The van der Waals surface area contributed by atoms with Crippen molar-refractivity contribution in [2.24, 2.45) is 0 Å². The molecule has 2 aromatic carbocycles. The highest BCUT2D eigenvalue weighted by Gasteiger charge is 2.24. The van der Waals surface area contributed by atoms with Gasteiger partial charge in [-0.25, -0.2) is 0 Å². The van der Waals surface area contributed by atoms with Crippen LogP contribution < -0.4 is 14.8 Å². The average molecular weight is 397 g/mol. The zero-order chi connectivity index (χ0) is 20.5. The zero-order valence-electron chi connectivity index (χ0n) is 17.5. The second-order valence-electron chi connectivity index (χ2n) is 7.47. The SMILES string of the molecule is CCCCOc1ccc(C(=O)NC[C@H](c2ccc(OC)cc2)N2CCCC2)cc1. The third-order valence-corrected chi connectivity index (χ3v) is 5.42. The van der Waals surface area contributed by atoms with Crippen LogP contribution in [0.3, 0.4) is 0 Å². The first-order valence-corrected chi connectivity index (χ1v) is 10.6. The Hall–Kier alpha value is -2.53. The third-order valence-electron chi connectivity index (χ3n) is 5.42. The van der Waals surface area contributed by atoms with Gasteiger partial charge in [-0.05, 0) is 74.3 Å². The Kier molecular flexibility index (Phi) is 7.94. The summed E-state index contributed by atoms with van der Waals surface area (Å²) < 4.78 is 11.0. The minimum Gasteiger partial charge on any atom is -0.497 e. The standard InChI is InChI=1S/C24H32N2O3/c1-3-4-17-29-22-13-9-20(10-14-22)24(27)25-18-23(26-15-5-6-16-26)19-7-11-21(28-2)12-8-19/h7-14,23H,3-6,15-18H2,1-2H3,(H,25,27)/t23-/m1/s1. The normalized spacial score (nSPS) is 15.1. The van der Waals surface area contributed by atoms with Crippen LogP contribution in [0.25, 0.3) is 0 Å². The second-order valence-corrected chi connectivity index (χ2v) is 7.47. The van der Waals surface area contributed by atoms with E-state index < -0.39 is 0 Å². The Morgan fingerprint density at radius 3 is 2.31 bits per heavy atom. The van der Waals surface area contributed by atoms with Crippen LogP contribution in [0.15, 0.2) is 48.5 Å². The molecule has 0 radical (unpaired) electrons. The number of ether oxygens (including phenoxy) is 2. The predicted octanol–water partition coefficient (Wildman–Crippen LogP) is 4.44. The number of unbranched alkanes of at least 4 members (excludes halogenated alkanes) is 1. The van der Waals surface area contributed by atoms with Gasteiger partial charge in [0.15, 0.2) is 0 Å². The monoisotopic (exact) mass is 396 g/mol. The molecule has 156 valence electrons. The van der Waals surface area contributed by atoms with Gasteiger partial charge in [-0.3, -0.25) is 9.69 Å². The van der Waals surface area contributed by atoms with Gasteiger partial charge in [-0.2, -0.15) is 0 Å². The molecule has 1 fully saturated rings. The van der Waals surface area contributed by atoms with Crippen molar-refractivity contribution in [3.63, 3.8) is 0 Å². The summed E-state index contributed by atoms with van der Waals surface area (Å²) in [5.74, 6) is 1.60. The molecule has 0 unspecified atom stereocenters. The van der Waals surface area contributed by atoms with Crippen molar-refractivity contribution in [1.29, 1.82) is 0 Å². The number of benzene rings is 2. The van der Waals surface area contributed by atoms with Gasteiger partial charge >= 0.3 is 0 Å². The summed E-state index contributed by atoms with van der Waals surface area (Å²) in [4.78, 5) is 15.1. The van der Waals surface area contributed by atoms with E-state index in [1.54, 1.807) is 7.11 Å². The van der Waals surface area contributed by atoms with E-state index in [0.29, 0.717) is 18.7 Å². The number of carbonyl (C=O) groups excluding carboxylic acids is 1. The molecule has 5 nitrogen and oxygen atoms in total. The van der Waals surface area contributed by atoms with Crippen molar-refractivity contribution < 1.29 is 14.3 Å². The number of hydrogen-bond donors (Lipinski definition) is 1. The summed E-state index contributed by atoms with van der Waals surface area (Å²) in [5.41, 5.74) is 1.86. The number of methoxy groups -OCH3 is 1. The summed E-state index contributed by atoms with van der Waals surface area (Å²) in [6.45, 7) is 5.56. The molecule has 1 aliphatic rings. The maximum atomic E-state index is 12.7. The van der Waals surface area contributed by atoms with Crippen LogP contribution in [-0.4, -0.2) is 44.2 Å². The largest absolute Gasteiger partial charge is 0.497 e. The van der Waals surface area contributed by atoms with Gasteiger partial charge in [0, 0.05) is 12.1 Å². The van der Waals surface area contributed by atoms with Gasteiger partial charge in [0.05, 0.1) is 19.8 Å². The Labute approximate surface area is 174 Å². The molecular weight excluding hydrogens is 364 g/mol. The minimum absolute atomic E-state index is 0.0529. The van der Waals surface area contributed by atoms with Crippen LogP contribution >= 0.6 is 0 Å². The van der Waals surface area contributed by atoms with Crippen LogP contribution in [0.2, 0.25) is 0 Å². The van der Waals surface area contributed by atoms with Crippen molar-refractivity contribution >= 4 is 5.91 Å². The first kappa shape index (κ1) is 21.2. The number of likely N-dealkylation sites (tertiary alicyclic amines) is 1. The maximum absolute atomic E-state index is 12.7. The van der Waals surface area contributed by atoms with Gasteiger partial charge in [-0.1, -0.05) is 25.5 Å². The van der Waals surface area contributed by atoms with Crippen molar-refractivity contribution in [2.45, 2.75) is 38.6 Å². The molecule has 1 N–H and O–H groups in total. The molecule has 1 saturated heterocycles. The number of amides is 1. The van der Waals surface area contributed by atoms with Gasteiger partial charge in [0.1, 0.15) is 11.5 Å². The predicted molar refractivity (Wildman–Crippen MR) is 116 cm³/mol. The summed E-state index contributed by atoms with van der Waals surface area (Å²) in [6.07, 6.45) is 4.55. The van der Waals surface area contributed by atoms with E-state index in [-0.39, 0.29) is 11.9 Å². The molecule has 1 aliphatic heterocycles. The molecule has 1 amide bonds. The third kappa shape index (κ3) is 5.97. The second kappa shape index (κ2) is 10.9. The first-order valence-electron chi connectivity index (χ1n) is 10.6. The maximum Gasteiger partial charge on any atom is 0.251 e. The molecule has 0 spiro atoms. The van der Waals surface area contributed by atoms with Crippen molar-refractivity contribution in [3.8, 4) is 11.5 Å². The molecule has 0 saturated carbocycles. The molecular formula is C24H32N2O3. The fourth-order valence-electron chi connectivity index (χ4n) is 3.67. The fourth-order valence-corrected chi connectivity index (χ4v) is 3.67. The molecule has 29 heavy (non-hydrogen) atoms. The lowest BCUT2D eigenvalue weighted by Crippen LogP contribution is -2.36. The zero-order valence-corrected chi connectivity index (χ0v) is 17.5. The van der Waals surface area contributed by atoms with E-state index in [1.807, 2.05) is 36.4 Å². The highest BCUT2D eigenvalue weighted by molar-refractivity contribution is 5.94. The molecule has 3 rings (SSSR count). The number of carbonyl (C=O) groups is 1. The quantitative estimate of drug-likeness (QED) is 0.603. The molecule has 5 heteroatoms. The van der Waals surface area contributed by atoms with Gasteiger partial charge < -0.3 is 14.8 Å². The summed E-state index contributed by atoms with van der Waals surface area (Å²) >= 11 is 0. The topological polar surface area (TPSA) is 50.8 Å². The summed E-state index contributed by atoms with van der Waals surface area (Å²) in [6, 6.07) is 15.7. The van der Waals surface area contributed by atoms with E-state index >= 15 is 0 Å². The lowest BCUT2D eigenvalue weighted by atomic mass is 10.0. The Morgan fingerprint density at radius 1 is 1.03 bits per heavy atom. The number of rotatable bonds is 10. The van der Waals surface area contributed by atoms with Gasteiger partial charge in [-0.15, -0.1) is 0 Å². The van der Waals surface area contributed by atoms with Crippen molar-refractivity contribution in [1.82, 2.24) is 10.2 Å². The Balaban J connectivity index is 1.61. The molecule has 2 aromatic rings. The molecule has 0 bridgehead atoms. The van der Waals surface area contributed by atoms with E-state index in [0.717, 1.165) is 37.4 Å². The molecule has 0 aromatic heterocycles. The van der Waals surface area contributed by atoms with E-state index in [9.17, 15) is 4.79 Å². The van der Waals surface area contributed by atoms with Crippen molar-refractivity contribution in [3.05, 3.63) is 59.7 Å². The summed E-state index contributed by atoms with van der Waals surface area (Å²) in [7, 11) is 1.67. The Morgan fingerprint density at radius 2 is 1.69 bits per heavy atom. The van der Waals surface area contributed by atoms with Crippen LogP contribution in [0.5, 0.6) is 11.5 Å². The van der Waals surface area contributed by atoms with Gasteiger partial charge in [0.25, 0.3) is 5.91 Å². The van der Waals surface area contributed by atoms with E-state index in [1.165, 1.54) is 18.4 Å². The highest BCUT2D eigenvalue weighted by atomic mass is 16.5. The number of nitrogens with zero attached hydrogens (tertiary/aromatic N) is 1. The lowest BCUT2D eigenvalue weighted by Gasteiger charge is -2.28. The van der Waals surface area contributed by atoms with Crippen LogP contribution in [0, 0.1) is 0 Å². The lowest BCUT2D eigenvalue weighted by molar-refractivity contribution is 0.0938. The highest BCUT2D eigenvalue weighted by Crippen LogP contribution is 2.26. The molecule has 1 heterocycles. The fraction of sp³-hybridized carbons (Fsp3) is 0.458. The number of hydrogen-bond acceptors (Lipinski definition) is 4. The summed E-state index contributed by atoms with van der Waals surface area (Å²) in [5, 5.41) is 3.12. The Bertz CT molecular complexity index is 753. The average Bonchev–Trinajstić information content (AvgIpc) is 3.29. The molecule has 1 atom stereocenters. The number of nitrogens with one attached hydrogen (secondary N) is 1. The minimum atomic E-state index is -0.0529. The molecule has 0 aliphatic carbocycles. The smallest absolute Gasteiger partial charge is 0.251 e.